The highest BCUT2D eigenvalue weighted by atomic mass is 79.9. The first-order valence-electron chi connectivity index (χ1n) is 9.22. The number of carbonyl (C=O) groups is 1. The Morgan fingerprint density at radius 2 is 2.14 bits per heavy atom. The van der Waals surface area contributed by atoms with Crippen LogP contribution in [-0.4, -0.2) is 15.7 Å². The van der Waals surface area contributed by atoms with Crippen LogP contribution < -0.4 is 10.1 Å². The molecule has 1 amide bonds. The number of carbonyl (C=O) groups excluding carboxylic acids is 1. The predicted octanol–water partition coefficient (Wildman–Crippen LogP) is 5.37. The second-order valence-electron chi connectivity index (χ2n) is 7.09. The molecule has 0 fully saturated rings. The second kappa shape index (κ2) is 9.05. The molecule has 0 atom stereocenters. The molecular weight excluding hydrogens is 458 g/mol. The molecule has 1 aromatic carbocycles. The summed E-state index contributed by atoms with van der Waals surface area (Å²) >= 11 is 9.66. The number of aromatic nitrogens is 2. The van der Waals surface area contributed by atoms with E-state index in [9.17, 15) is 4.79 Å². The Hall–Kier alpha value is -2.25. The number of hydrogen-bond donors (Lipinski definition) is 1. The third-order valence-electron chi connectivity index (χ3n) is 4.60. The predicted molar refractivity (Wildman–Crippen MR) is 115 cm³/mol. The van der Waals surface area contributed by atoms with Crippen LogP contribution in [0.15, 0.2) is 39.4 Å². The van der Waals surface area contributed by atoms with Gasteiger partial charge in [-0.25, -0.2) is 0 Å². The molecule has 3 aromatic rings. The van der Waals surface area contributed by atoms with E-state index in [1.165, 1.54) is 0 Å². The molecule has 0 spiro atoms. The molecule has 2 heterocycles. The van der Waals surface area contributed by atoms with Crippen molar-refractivity contribution in [2.24, 2.45) is 7.05 Å². The normalized spacial score (nSPS) is 11.1. The lowest BCUT2D eigenvalue weighted by Crippen LogP contribution is -2.23. The standard InChI is InChI=1S/C21H23BrClN3O3/c1-12(2)15-8-17(23)13(3)7-20(15)28-11-14-5-6-19(29-14)21(27)24-10-18-16(22)9-25-26(18)4/h5-9,12H,10-11H2,1-4H3,(H,24,27). The fourth-order valence-electron chi connectivity index (χ4n) is 2.86. The van der Waals surface area contributed by atoms with Crippen LogP contribution in [0.1, 0.15) is 52.9 Å². The summed E-state index contributed by atoms with van der Waals surface area (Å²) in [7, 11) is 1.82. The number of benzene rings is 1. The smallest absolute Gasteiger partial charge is 0.287 e. The van der Waals surface area contributed by atoms with Crippen molar-refractivity contribution in [1.29, 1.82) is 0 Å². The summed E-state index contributed by atoms with van der Waals surface area (Å²) in [6.07, 6.45) is 1.69. The molecule has 0 aliphatic heterocycles. The van der Waals surface area contributed by atoms with Crippen molar-refractivity contribution in [3.63, 3.8) is 0 Å². The third-order valence-corrected chi connectivity index (χ3v) is 5.67. The highest BCUT2D eigenvalue weighted by Gasteiger charge is 2.15. The summed E-state index contributed by atoms with van der Waals surface area (Å²) in [4.78, 5) is 12.4. The fraction of sp³-hybridized carbons (Fsp3) is 0.333. The molecular formula is C21H23BrClN3O3. The molecule has 154 valence electrons. The van der Waals surface area contributed by atoms with Gasteiger partial charge in [0.15, 0.2) is 5.76 Å². The Morgan fingerprint density at radius 3 is 2.79 bits per heavy atom. The number of aryl methyl sites for hydroxylation is 2. The minimum Gasteiger partial charge on any atom is -0.485 e. The van der Waals surface area contributed by atoms with Gasteiger partial charge in [0.2, 0.25) is 0 Å². The average Bonchev–Trinajstić information content (AvgIpc) is 3.27. The molecule has 2 aromatic heterocycles. The lowest BCUT2D eigenvalue weighted by molar-refractivity contribution is 0.0918. The van der Waals surface area contributed by atoms with Crippen LogP contribution in [0.3, 0.4) is 0 Å². The van der Waals surface area contributed by atoms with Crippen LogP contribution in [0.25, 0.3) is 0 Å². The number of nitrogens with one attached hydrogen (secondary N) is 1. The van der Waals surface area contributed by atoms with Gasteiger partial charge in [-0.05, 0) is 64.2 Å². The largest absolute Gasteiger partial charge is 0.485 e. The maximum absolute atomic E-state index is 12.4. The zero-order valence-electron chi connectivity index (χ0n) is 16.8. The zero-order chi connectivity index (χ0) is 21.1. The van der Waals surface area contributed by atoms with Gasteiger partial charge in [0.25, 0.3) is 5.91 Å². The van der Waals surface area contributed by atoms with Crippen LogP contribution in [0.2, 0.25) is 5.02 Å². The van der Waals surface area contributed by atoms with Crippen molar-refractivity contribution in [2.45, 2.75) is 39.8 Å². The van der Waals surface area contributed by atoms with Crippen LogP contribution >= 0.6 is 27.5 Å². The Kier molecular flexibility index (Phi) is 6.70. The number of halogens is 2. The van der Waals surface area contributed by atoms with E-state index in [0.29, 0.717) is 12.3 Å². The summed E-state index contributed by atoms with van der Waals surface area (Å²) in [5.74, 6) is 1.55. The number of ether oxygens (including phenoxy) is 1. The van der Waals surface area contributed by atoms with Gasteiger partial charge in [0, 0.05) is 12.1 Å². The second-order valence-corrected chi connectivity index (χ2v) is 8.36. The molecule has 8 heteroatoms. The SMILES string of the molecule is Cc1cc(OCc2ccc(C(=O)NCc3c(Br)cnn3C)o2)c(C(C)C)cc1Cl. The summed E-state index contributed by atoms with van der Waals surface area (Å²) in [6.45, 7) is 6.68. The van der Waals surface area contributed by atoms with Gasteiger partial charge in [0.05, 0.1) is 22.9 Å². The molecule has 0 radical (unpaired) electrons. The first-order valence-corrected chi connectivity index (χ1v) is 10.4. The van der Waals surface area contributed by atoms with E-state index in [1.807, 2.05) is 26.1 Å². The van der Waals surface area contributed by atoms with Crippen LogP contribution in [0.4, 0.5) is 0 Å². The first kappa shape index (κ1) is 21.5. The Bertz CT molecular complexity index is 1010. The van der Waals surface area contributed by atoms with Gasteiger partial charge in [-0.3, -0.25) is 9.48 Å². The van der Waals surface area contributed by atoms with Crippen molar-refractivity contribution >= 4 is 33.4 Å². The lowest BCUT2D eigenvalue weighted by Gasteiger charge is -2.15. The van der Waals surface area contributed by atoms with Crippen molar-refractivity contribution in [2.75, 3.05) is 0 Å². The maximum atomic E-state index is 12.4. The van der Waals surface area contributed by atoms with Gasteiger partial charge in [0.1, 0.15) is 18.1 Å². The molecule has 3 rings (SSSR count). The van der Waals surface area contributed by atoms with Crippen molar-refractivity contribution in [3.8, 4) is 5.75 Å². The third kappa shape index (κ3) is 5.03. The van der Waals surface area contributed by atoms with E-state index in [1.54, 1.807) is 23.0 Å². The summed E-state index contributed by atoms with van der Waals surface area (Å²) in [5, 5.41) is 7.67. The zero-order valence-corrected chi connectivity index (χ0v) is 19.1. The van der Waals surface area contributed by atoms with Gasteiger partial charge in [-0.1, -0.05) is 25.4 Å². The summed E-state index contributed by atoms with van der Waals surface area (Å²) in [6, 6.07) is 7.25. The number of hydrogen-bond acceptors (Lipinski definition) is 4. The van der Waals surface area contributed by atoms with Gasteiger partial charge < -0.3 is 14.5 Å². The topological polar surface area (TPSA) is 69.3 Å². The van der Waals surface area contributed by atoms with Crippen LogP contribution in [0.5, 0.6) is 5.75 Å². The summed E-state index contributed by atoms with van der Waals surface area (Å²) < 4.78 is 14.2. The Labute approximate surface area is 183 Å². The van der Waals surface area contributed by atoms with Crippen molar-refractivity contribution in [1.82, 2.24) is 15.1 Å². The molecule has 0 saturated carbocycles. The Morgan fingerprint density at radius 1 is 1.38 bits per heavy atom. The van der Waals surface area contributed by atoms with Gasteiger partial charge in [-0.15, -0.1) is 0 Å². The van der Waals surface area contributed by atoms with E-state index in [0.717, 1.165) is 32.1 Å². The monoisotopic (exact) mass is 479 g/mol. The molecule has 0 bridgehead atoms. The summed E-state index contributed by atoms with van der Waals surface area (Å²) in [5.41, 5.74) is 2.85. The molecule has 0 aliphatic rings. The molecule has 29 heavy (non-hydrogen) atoms. The molecule has 1 N–H and O–H groups in total. The molecule has 0 aliphatic carbocycles. The van der Waals surface area contributed by atoms with E-state index < -0.39 is 0 Å². The van der Waals surface area contributed by atoms with Crippen LogP contribution in [0, 0.1) is 6.92 Å². The fourth-order valence-corrected chi connectivity index (χ4v) is 3.52. The number of furan rings is 1. The van der Waals surface area contributed by atoms with Gasteiger partial charge >= 0.3 is 0 Å². The van der Waals surface area contributed by atoms with E-state index in [-0.39, 0.29) is 24.2 Å². The Balaban J connectivity index is 1.63. The van der Waals surface area contributed by atoms with E-state index in [4.69, 9.17) is 20.8 Å². The maximum Gasteiger partial charge on any atom is 0.287 e. The van der Waals surface area contributed by atoms with Crippen molar-refractivity contribution < 1.29 is 13.9 Å². The minimum absolute atomic E-state index is 0.224. The number of rotatable bonds is 7. The molecule has 0 unspecified atom stereocenters. The van der Waals surface area contributed by atoms with Gasteiger partial charge in [-0.2, -0.15) is 5.10 Å². The van der Waals surface area contributed by atoms with E-state index >= 15 is 0 Å². The van der Waals surface area contributed by atoms with Crippen molar-refractivity contribution in [3.05, 3.63) is 68.3 Å². The minimum atomic E-state index is -0.297. The molecule has 6 nitrogen and oxygen atoms in total. The number of nitrogens with zero attached hydrogens (tertiary/aromatic N) is 2. The van der Waals surface area contributed by atoms with Crippen LogP contribution in [-0.2, 0) is 20.2 Å². The highest BCUT2D eigenvalue weighted by Crippen LogP contribution is 2.32. The number of amides is 1. The quantitative estimate of drug-likeness (QED) is 0.493. The molecule has 0 saturated heterocycles. The highest BCUT2D eigenvalue weighted by molar-refractivity contribution is 9.10. The van der Waals surface area contributed by atoms with E-state index in [2.05, 4.69) is 40.2 Å². The lowest BCUT2D eigenvalue weighted by atomic mass is 10.0. The average molecular weight is 481 g/mol. The first-order chi connectivity index (χ1) is 13.8.